The third-order valence-electron chi connectivity index (χ3n) is 3.40. The Morgan fingerprint density at radius 3 is 1.93 bits per heavy atom. The number of rotatable bonds is 4. The van der Waals surface area contributed by atoms with Gasteiger partial charge in [-0.25, -0.2) is 26.7 Å². The van der Waals surface area contributed by atoms with Crippen LogP contribution < -0.4 is 20.1 Å². The average molecular weight is 425 g/mol. The largest absolute Gasteiger partial charge is 0.496 e. The van der Waals surface area contributed by atoms with Gasteiger partial charge in [-0.15, -0.1) is 0 Å². The Kier molecular flexibility index (Phi) is 6.29. The molecule has 0 saturated carbocycles. The lowest BCUT2D eigenvalue weighted by Crippen LogP contribution is -2.35. The lowest BCUT2D eigenvalue weighted by molar-refractivity contribution is 0.0961. The molecule has 0 radical (unpaired) electrons. The summed E-state index contributed by atoms with van der Waals surface area (Å²) in [6, 6.07) is 1.03. The standard InChI is InChI=1S/C16H10ClF5N2O4/c1-27-6-4-3-5(17)14(28-2)7(6)15(25)24-16(26)23-13-11(21)9(19)8(18)10(20)12(13)22/h3-4H,1-2H3,(H2,23,24,25,26). The molecule has 0 aliphatic heterocycles. The number of ether oxygens (including phenoxy) is 2. The Morgan fingerprint density at radius 2 is 1.43 bits per heavy atom. The topological polar surface area (TPSA) is 76.7 Å². The SMILES string of the molecule is COc1ccc(Cl)c(OC)c1C(=O)NC(=O)Nc1c(F)c(F)c(F)c(F)c1F. The summed E-state index contributed by atoms with van der Waals surface area (Å²) in [5, 5.41) is 3.03. The molecule has 2 rings (SSSR count). The van der Waals surface area contributed by atoms with Crippen LogP contribution in [0.2, 0.25) is 5.02 Å². The number of amides is 3. The summed E-state index contributed by atoms with van der Waals surface area (Å²) in [4.78, 5) is 24.2. The van der Waals surface area contributed by atoms with Crippen molar-refractivity contribution in [2.75, 3.05) is 19.5 Å². The molecule has 150 valence electrons. The first-order valence-corrected chi connectivity index (χ1v) is 7.56. The number of carbonyl (C=O) groups is 2. The van der Waals surface area contributed by atoms with Crippen molar-refractivity contribution in [1.82, 2.24) is 5.32 Å². The van der Waals surface area contributed by atoms with Crippen molar-refractivity contribution in [2.24, 2.45) is 0 Å². The fourth-order valence-electron chi connectivity index (χ4n) is 2.15. The van der Waals surface area contributed by atoms with Crippen molar-refractivity contribution in [3.8, 4) is 11.5 Å². The number of halogens is 6. The molecule has 3 amide bonds. The summed E-state index contributed by atoms with van der Waals surface area (Å²) < 4.78 is 76.5. The zero-order chi connectivity index (χ0) is 21.2. The van der Waals surface area contributed by atoms with E-state index in [-0.39, 0.29) is 22.1 Å². The van der Waals surface area contributed by atoms with Crippen LogP contribution in [0.25, 0.3) is 0 Å². The van der Waals surface area contributed by atoms with Gasteiger partial charge in [0.15, 0.2) is 29.0 Å². The second-order valence-electron chi connectivity index (χ2n) is 5.01. The van der Waals surface area contributed by atoms with Gasteiger partial charge in [-0.1, -0.05) is 11.6 Å². The van der Waals surface area contributed by atoms with E-state index in [2.05, 4.69) is 0 Å². The second kappa shape index (κ2) is 8.30. The van der Waals surface area contributed by atoms with E-state index in [0.717, 1.165) is 0 Å². The van der Waals surface area contributed by atoms with Crippen LogP contribution in [0.5, 0.6) is 11.5 Å². The van der Waals surface area contributed by atoms with Crippen LogP contribution in [-0.4, -0.2) is 26.2 Å². The lowest BCUT2D eigenvalue weighted by atomic mass is 10.1. The number of urea groups is 1. The zero-order valence-corrected chi connectivity index (χ0v) is 14.8. The van der Waals surface area contributed by atoms with Gasteiger partial charge in [0.1, 0.15) is 17.0 Å². The van der Waals surface area contributed by atoms with Crippen molar-refractivity contribution in [2.45, 2.75) is 0 Å². The van der Waals surface area contributed by atoms with Gasteiger partial charge in [-0.3, -0.25) is 10.1 Å². The van der Waals surface area contributed by atoms with Gasteiger partial charge in [0.05, 0.1) is 19.2 Å². The van der Waals surface area contributed by atoms with E-state index in [1.165, 1.54) is 31.7 Å². The summed E-state index contributed by atoms with van der Waals surface area (Å²) in [5.41, 5.74) is -1.98. The smallest absolute Gasteiger partial charge is 0.326 e. The number of carbonyl (C=O) groups excluding carboxylic acids is 2. The molecule has 2 aromatic carbocycles. The molecule has 0 aliphatic carbocycles. The molecule has 0 unspecified atom stereocenters. The zero-order valence-electron chi connectivity index (χ0n) is 14.1. The molecule has 0 atom stereocenters. The van der Waals surface area contributed by atoms with E-state index < -0.39 is 46.7 Å². The van der Waals surface area contributed by atoms with Crippen molar-refractivity contribution in [3.63, 3.8) is 0 Å². The first-order valence-electron chi connectivity index (χ1n) is 7.18. The van der Waals surface area contributed by atoms with Gasteiger partial charge in [-0.2, -0.15) is 0 Å². The van der Waals surface area contributed by atoms with Crippen LogP contribution in [-0.2, 0) is 0 Å². The lowest BCUT2D eigenvalue weighted by Gasteiger charge is -2.14. The van der Waals surface area contributed by atoms with Crippen LogP contribution in [0.3, 0.4) is 0 Å². The quantitative estimate of drug-likeness (QED) is 0.442. The molecule has 0 fully saturated rings. The monoisotopic (exact) mass is 424 g/mol. The van der Waals surface area contributed by atoms with Crippen molar-refractivity contribution < 1.29 is 41.0 Å². The van der Waals surface area contributed by atoms with Crippen LogP contribution in [0.1, 0.15) is 10.4 Å². The summed E-state index contributed by atoms with van der Waals surface area (Å²) in [7, 11) is 2.38. The molecule has 0 aromatic heterocycles. The van der Waals surface area contributed by atoms with E-state index in [1.54, 1.807) is 5.32 Å². The van der Waals surface area contributed by atoms with E-state index in [4.69, 9.17) is 21.1 Å². The highest BCUT2D eigenvalue weighted by atomic mass is 35.5. The highest BCUT2D eigenvalue weighted by Gasteiger charge is 2.28. The van der Waals surface area contributed by atoms with Crippen LogP contribution in [0.4, 0.5) is 32.4 Å². The van der Waals surface area contributed by atoms with E-state index in [9.17, 15) is 31.5 Å². The van der Waals surface area contributed by atoms with Crippen molar-refractivity contribution in [3.05, 3.63) is 51.8 Å². The third kappa shape index (κ3) is 3.79. The van der Waals surface area contributed by atoms with Gasteiger partial charge in [0.2, 0.25) is 5.82 Å². The van der Waals surface area contributed by atoms with Gasteiger partial charge in [0.25, 0.3) is 5.91 Å². The number of nitrogens with one attached hydrogen (secondary N) is 2. The molecule has 12 heteroatoms. The Balaban J connectivity index is 2.33. The number of methoxy groups -OCH3 is 2. The minimum absolute atomic E-state index is 0.0198. The number of imide groups is 1. The summed E-state index contributed by atoms with van der Waals surface area (Å²) in [6.45, 7) is 0. The summed E-state index contributed by atoms with van der Waals surface area (Å²) in [6.07, 6.45) is 0. The molecule has 28 heavy (non-hydrogen) atoms. The number of hydrogen-bond acceptors (Lipinski definition) is 4. The number of hydrogen-bond donors (Lipinski definition) is 2. The maximum atomic E-state index is 13.6. The number of benzene rings is 2. The fraction of sp³-hybridized carbons (Fsp3) is 0.125. The van der Waals surface area contributed by atoms with Crippen LogP contribution in [0.15, 0.2) is 12.1 Å². The predicted molar refractivity (Wildman–Crippen MR) is 87.3 cm³/mol. The van der Waals surface area contributed by atoms with Gasteiger partial charge < -0.3 is 14.8 Å². The molecule has 0 aliphatic rings. The molecular weight excluding hydrogens is 415 g/mol. The fourth-order valence-corrected chi connectivity index (χ4v) is 2.38. The highest BCUT2D eigenvalue weighted by molar-refractivity contribution is 6.33. The Hall–Kier alpha value is -3.08. The van der Waals surface area contributed by atoms with Crippen LogP contribution >= 0.6 is 11.6 Å². The number of anilines is 1. The second-order valence-corrected chi connectivity index (χ2v) is 5.42. The first-order chi connectivity index (χ1) is 13.1. The molecule has 0 heterocycles. The van der Waals surface area contributed by atoms with E-state index >= 15 is 0 Å². The first kappa shape index (κ1) is 21.2. The minimum Gasteiger partial charge on any atom is -0.496 e. The summed E-state index contributed by atoms with van der Waals surface area (Å²) >= 11 is 5.88. The Morgan fingerprint density at radius 1 is 0.893 bits per heavy atom. The van der Waals surface area contributed by atoms with Crippen LogP contribution in [0, 0.1) is 29.1 Å². The molecule has 0 bridgehead atoms. The summed E-state index contributed by atoms with van der Waals surface area (Å²) in [5.74, 6) is -12.9. The maximum Gasteiger partial charge on any atom is 0.326 e. The van der Waals surface area contributed by atoms with E-state index in [1.807, 2.05) is 0 Å². The van der Waals surface area contributed by atoms with Crippen molar-refractivity contribution in [1.29, 1.82) is 0 Å². The Bertz CT molecular complexity index is 942. The average Bonchev–Trinajstić information content (AvgIpc) is 2.67. The normalized spacial score (nSPS) is 10.4. The molecule has 2 aromatic rings. The maximum absolute atomic E-state index is 13.6. The minimum atomic E-state index is -2.40. The molecule has 2 N–H and O–H groups in total. The molecule has 0 spiro atoms. The van der Waals surface area contributed by atoms with Crippen molar-refractivity contribution >= 4 is 29.2 Å². The van der Waals surface area contributed by atoms with Gasteiger partial charge >= 0.3 is 6.03 Å². The molecule has 6 nitrogen and oxygen atoms in total. The van der Waals surface area contributed by atoms with E-state index in [0.29, 0.717) is 0 Å². The predicted octanol–water partition coefficient (Wildman–Crippen LogP) is 4.01. The van der Waals surface area contributed by atoms with Gasteiger partial charge in [0, 0.05) is 0 Å². The highest BCUT2D eigenvalue weighted by Crippen LogP contribution is 2.35. The molecule has 0 saturated heterocycles. The van der Waals surface area contributed by atoms with Gasteiger partial charge in [-0.05, 0) is 12.1 Å². The third-order valence-corrected chi connectivity index (χ3v) is 3.70. The Labute approximate surface area is 159 Å². The molecular formula is C16H10ClF5N2O4.